The molecule has 0 aliphatic heterocycles. The van der Waals surface area contributed by atoms with E-state index in [4.69, 9.17) is 0 Å². The Labute approximate surface area is 136 Å². The van der Waals surface area contributed by atoms with Crippen LogP contribution in [0, 0.1) is 0 Å². The van der Waals surface area contributed by atoms with Gasteiger partial charge in [-0.25, -0.2) is 4.79 Å². The van der Waals surface area contributed by atoms with Crippen molar-refractivity contribution in [2.45, 2.75) is 12.8 Å². The summed E-state index contributed by atoms with van der Waals surface area (Å²) in [5, 5.41) is 5.30. The average molecular weight is 321 g/mol. The molecule has 0 radical (unpaired) electrons. The Bertz CT molecular complexity index is 541. The SMILES string of the molecule is COC(=O)c1ccc(NC(=O)CC(=O)NCCCN(C)C)cc1. The summed E-state index contributed by atoms with van der Waals surface area (Å²) in [7, 11) is 5.22. The van der Waals surface area contributed by atoms with Crippen molar-refractivity contribution < 1.29 is 19.1 Å². The van der Waals surface area contributed by atoms with Crippen molar-refractivity contribution in [3.8, 4) is 0 Å². The van der Waals surface area contributed by atoms with Gasteiger partial charge in [-0.2, -0.15) is 0 Å². The second kappa shape index (κ2) is 9.58. The number of carbonyl (C=O) groups excluding carboxylic acids is 3. The third-order valence-electron chi connectivity index (χ3n) is 3.02. The van der Waals surface area contributed by atoms with E-state index in [2.05, 4.69) is 15.4 Å². The van der Waals surface area contributed by atoms with E-state index >= 15 is 0 Å². The quantitative estimate of drug-likeness (QED) is 0.421. The Morgan fingerprint density at radius 2 is 1.74 bits per heavy atom. The molecule has 0 unspecified atom stereocenters. The molecule has 0 atom stereocenters. The van der Waals surface area contributed by atoms with Gasteiger partial charge in [0.15, 0.2) is 0 Å². The maximum absolute atomic E-state index is 11.8. The van der Waals surface area contributed by atoms with E-state index in [1.807, 2.05) is 19.0 Å². The van der Waals surface area contributed by atoms with Crippen LogP contribution >= 0.6 is 0 Å². The maximum Gasteiger partial charge on any atom is 0.337 e. The molecule has 0 aliphatic rings. The number of ether oxygens (including phenoxy) is 1. The van der Waals surface area contributed by atoms with Gasteiger partial charge in [-0.05, 0) is 51.3 Å². The van der Waals surface area contributed by atoms with Gasteiger partial charge < -0.3 is 20.3 Å². The summed E-state index contributed by atoms with van der Waals surface area (Å²) < 4.78 is 4.59. The zero-order valence-electron chi connectivity index (χ0n) is 13.7. The van der Waals surface area contributed by atoms with Gasteiger partial charge in [0.1, 0.15) is 6.42 Å². The van der Waals surface area contributed by atoms with Gasteiger partial charge in [0.2, 0.25) is 11.8 Å². The first kappa shape index (κ1) is 18.6. The lowest BCUT2D eigenvalue weighted by Crippen LogP contribution is -2.30. The molecule has 0 fully saturated rings. The molecular weight excluding hydrogens is 298 g/mol. The second-order valence-corrected chi connectivity index (χ2v) is 5.30. The lowest BCUT2D eigenvalue weighted by molar-refractivity contribution is -0.126. The maximum atomic E-state index is 11.8. The first-order chi connectivity index (χ1) is 10.9. The summed E-state index contributed by atoms with van der Waals surface area (Å²) in [5.74, 6) is -1.16. The molecule has 23 heavy (non-hydrogen) atoms. The summed E-state index contributed by atoms with van der Waals surface area (Å²) >= 11 is 0. The Balaban J connectivity index is 2.35. The van der Waals surface area contributed by atoms with E-state index in [1.54, 1.807) is 24.3 Å². The van der Waals surface area contributed by atoms with Crippen LogP contribution in [0.5, 0.6) is 0 Å². The van der Waals surface area contributed by atoms with Gasteiger partial charge >= 0.3 is 5.97 Å². The lowest BCUT2D eigenvalue weighted by atomic mass is 10.2. The van der Waals surface area contributed by atoms with Crippen LogP contribution in [0.2, 0.25) is 0 Å². The number of anilines is 1. The number of esters is 1. The van der Waals surface area contributed by atoms with E-state index in [-0.39, 0.29) is 12.3 Å². The molecule has 0 spiro atoms. The van der Waals surface area contributed by atoms with Crippen LogP contribution in [-0.4, -0.2) is 57.0 Å². The largest absolute Gasteiger partial charge is 0.465 e. The lowest BCUT2D eigenvalue weighted by Gasteiger charge is -2.10. The number of carbonyl (C=O) groups is 3. The van der Waals surface area contributed by atoms with E-state index in [0.29, 0.717) is 17.8 Å². The molecule has 0 bridgehead atoms. The van der Waals surface area contributed by atoms with Crippen LogP contribution in [0.25, 0.3) is 0 Å². The molecule has 1 aromatic carbocycles. The molecule has 0 heterocycles. The standard InChI is InChI=1S/C16H23N3O4/c1-19(2)10-4-9-17-14(20)11-15(21)18-13-7-5-12(6-8-13)16(22)23-3/h5-8H,4,9-11H2,1-3H3,(H,17,20)(H,18,21). The van der Waals surface area contributed by atoms with Crippen molar-refractivity contribution in [3.63, 3.8) is 0 Å². The number of hydrogen-bond donors (Lipinski definition) is 2. The molecule has 126 valence electrons. The summed E-state index contributed by atoms with van der Waals surface area (Å²) in [5.41, 5.74) is 0.909. The Morgan fingerprint density at radius 3 is 2.30 bits per heavy atom. The summed E-state index contributed by atoms with van der Waals surface area (Å²) in [4.78, 5) is 36.7. The second-order valence-electron chi connectivity index (χ2n) is 5.30. The first-order valence-corrected chi connectivity index (χ1v) is 7.32. The van der Waals surface area contributed by atoms with Gasteiger partial charge in [0.05, 0.1) is 12.7 Å². The highest BCUT2D eigenvalue weighted by Gasteiger charge is 2.10. The van der Waals surface area contributed by atoms with Crippen LogP contribution in [0.1, 0.15) is 23.2 Å². The third-order valence-corrected chi connectivity index (χ3v) is 3.02. The zero-order valence-corrected chi connectivity index (χ0v) is 13.7. The molecule has 7 heteroatoms. The predicted molar refractivity (Wildman–Crippen MR) is 87.2 cm³/mol. The average Bonchev–Trinajstić information content (AvgIpc) is 2.51. The van der Waals surface area contributed by atoms with Gasteiger partial charge in [-0.15, -0.1) is 0 Å². The molecular formula is C16H23N3O4. The van der Waals surface area contributed by atoms with E-state index in [9.17, 15) is 14.4 Å². The van der Waals surface area contributed by atoms with Crippen molar-refractivity contribution in [2.24, 2.45) is 0 Å². The number of methoxy groups -OCH3 is 1. The van der Waals surface area contributed by atoms with Crippen LogP contribution in [0.15, 0.2) is 24.3 Å². The fourth-order valence-electron chi connectivity index (χ4n) is 1.84. The monoisotopic (exact) mass is 321 g/mol. The van der Waals surface area contributed by atoms with E-state index in [0.717, 1.165) is 13.0 Å². The molecule has 0 saturated carbocycles. The van der Waals surface area contributed by atoms with Crippen molar-refractivity contribution in [2.75, 3.05) is 39.6 Å². The van der Waals surface area contributed by atoms with Gasteiger partial charge in [0.25, 0.3) is 0 Å². The predicted octanol–water partition coefficient (Wildman–Crippen LogP) is 0.870. The minimum Gasteiger partial charge on any atom is -0.465 e. The topological polar surface area (TPSA) is 87.7 Å². The highest BCUT2D eigenvalue weighted by atomic mass is 16.5. The third kappa shape index (κ3) is 7.42. The zero-order chi connectivity index (χ0) is 17.2. The van der Waals surface area contributed by atoms with Crippen LogP contribution in [0.3, 0.4) is 0 Å². The normalized spacial score (nSPS) is 10.3. The van der Waals surface area contributed by atoms with Crippen LogP contribution in [0.4, 0.5) is 5.69 Å². The molecule has 1 aromatic rings. The Hall–Kier alpha value is -2.41. The smallest absolute Gasteiger partial charge is 0.337 e. The van der Waals surface area contributed by atoms with Crippen molar-refractivity contribution in [1.29, 1.82) is 0 Å². The Morgan fingerprint density at radius 1 is 1.09 bits per heavy atom. The molecule has 0 aliphatic carbocycles. The van der Waals surface area contributed by atoms with Crippen molar-refractivity contribution >= 4 is 23.5 Å². The number of nitrogens with one attached hydrogen (secondary N) is 2. The number of nitrogens with zero attached hydrogens (tertiary/aromatic N) is 1. The fraction of sp³-hybridized carbons (Fsp3) is 0.438. The van der Waals surface area contributed by atoms with E-state index < -0.39 is 11.9 Å². The molecule has 0 aromatic heterocycles. The van der Waals surface area contributed by atoms with E-state index in [1.165, 1.54) is 7.11 Å². The number of hydrogen-bond acceptors (Lipinski definition) is 5. The highest BCUT2D eigenvalue weighted by molar-refractivity contribution is 6.03. The first-order valence-electron chi connectivity index (χ1n) is 7.32. The van der Waals surface area contributed by atoms with Crippen molar-refractivity contribution in [3.05, 3.63) is 29.8 Å². The summed E-state index contributed by atoms with van der Waals surface area (Å²) in [6.45, 7) is 1.41. The Kier molecular flexibility index (Phi) is 7.76. The molecule has 7 nitrogen and oxygen atoms in total. The highest BCUT2D eigenvalue weighted by Crippen LogP contribution is 2.10. The fourth-order valence-corrected chi connectivity index (χ4v) is 1.84. The number of rotatable bonds is 8. The van der Waals surface area contributed by atoms with Gasteiger partial charge in [-0.1, -0.05) is 0 Å². The number of benzene rings is 1. The van der Waals surface area contributed by atoms with Crippen molar-refractivity contribution in [1.82, 2.24) is 10.2 Å². The van der Waals surface area contributed by atoms with Crippen LogP contribution in [-0.2, 0) is 14.3 Å². The molecule has 2 amide bonds. The van der Waals surface area contributed by atoms with Gasteiger partial charge in [-0.3, -0.25) is 9.59 Å². The summed E-state index contributed by atoms with van der Waals surface area (Å²) in [6.07, 6.45) is 0.593. The number of amides is 2. The molecule has 2 N–H and O–H groups in total. The van der Waals surface area contributed by atoms with Crippen LogP contribution < -0.4 is 10.6 Å². The molecule has 0 saturated heterocycles. The molecule has 1 rings (SSSR count). The minimum atomic E-state index is -0.444. The van der Waals surface area contributed by atoms with Gasteiger partial charge in [0, 0.05) is 12.2 Å². The summed E-state index contributed by atoms with van der Waals surface area (Å²) in [6, 6.07) is 6.25. The minimum absolute atomic E-state index is 0.235.